The highest BCUT2D eigenvalue weighted by Crippen LogP contribution is 2.38. The minimum atomic E-state index is -1.14. The third-order valence-corrected chi connectivity index (χ3v) is 7.56. The molecule has 198 valence electrons. The smallest absolute Gasteiger partial charge is 0.410 e. The summed E-state index contributed by atoms with van der Waals surface area (Å²) in [6.45, 7) is 7.41. The van der Waals surface area contributed by atoms with Gasteiger partial charge >= 0.3 is 6.09 Å². The molecule has 1 amide bonds. The SMILES string of the molecule is CC(C)N(C)c1cc(-c2nnc(-c3cc(F)c(OCC4COC(C)(C)N4C(=O)O)cc3Cl)s2)cc(Cl)n1. The fourth-order valence-corrected chi connectivity index (χ4v) is 5.25. The molecule has 1 atom stereocenters. The number of hydrogen-bond donors (Lipinski definition) is 1. The third kappa shape index (κ3) is 5.74. The molecule has 0 radical (unpaired) electrons. The van der Waals surface area contributed by atoms with Crippen LogP contribution in [0.25, 0.3) is 21.1 Å². The van der Waals surface area contributed by atoms with Crippen LogP contribution < -0.4 is 9.64 Å². The Morgan fingerprint density at radius 2 is 2.00 bits per heavy atom. The van der Waals surface area contributed by atoms with Crippen molar-refractivity contribution in [2.24, 2.45) is 0 Å². The second-order valence-corrected chi connectivity index (χ2v) is 11.1. The van der Waals surface area contributed by atoms with E-state index in [4.69, 9.17) is 32.7 Å². The fraction of sp³-hybridized carbons (Fsp3) is 0.417. The summed E-state index contributed by atoms with van der Waals surface area (Å²) in [7, 11) is 1.92. The van der Waals surface area contributed by atoms with E-state index >= 15 is 0 Å². The zero-order chi connectivity index (χ0) is 27.1. The maximum atomic E-state index is 15.0. The van der Waals surface area contributed by atoms with E-state index in [9.17, 15) is 14.3 Å². The molecule has 1 fully saturated rings. The van der Waals surface area contributed by atoms with Gasteiger partial charge in [0.2, 0.25) is 0 Å². The zero-order valence-corrected chi connectivity index (χ0v) is 23.2. The van der Waals surface area contributed by atoms with Crippen LogP contribution in [0.1, 0.15) is 27.7 Å². The number of anilines is 1. The summed E-state index contributed by atoms with van der Waals surface area (Å²) in [6.07, 6.45) is -1.14. The van der Waals surface area contributed by atoms with E-state index in [0.717, 1.165) is 10.5 Å². The number of benzene rings is 1. The van der Waals surface area contributed by atoms with Gasteiger partial charge in [-0.2, -0.15) is 0 Å². The number of hydrogen-bond acceptors (Lipinski definition) is 8. The molecular formula is C24H26Cl2FN5O4S. The lowest BCUT2D eigenvalue weighted by molar-refractivity contribution is -0.0430. The number of carbonyl (C=O) groups is 1. The quantitative estimate of drug-likeness (QED) is 0.343. The van der Waals surface area contributed by atoms with Crippen LogP contribution in [0.3, 0.4) is 0 Å². The van der Waals surface area contributed by atoms with Crippen LogP contribution in [0, 0.1) is 5.82 Å². The monoisotopic (exact) mass is 569 g/mol. The molecule has 1 aromatic carbocycles. The maximum Gasteiger partial charge on any atom is 0.410 e. The highest BCUT2D eigenvalue weighted by Gasteiger charge is 2.44. The molecule has 1 aliphatic heterocycles. The highest BCUT2D eigenvalue weighted by molar-refractivity contribution is 7.18. The first-order chi connectivity index (χ1) is 17.4. The van der Waals surface area contributed by atoms with Crippen LogP contribution in [0.5, 0.6) is 5.75 Å². The molecule has 2 aromatic heterocycles. The molecule has 9 nitrogen and oxygen atoms in total. The minimum Gasteiger partial charge on any atom is -0.488 e. The Bertz CT molecular complexity index is 1320. The maximum absolute atomic E-state index is 15.0. The molecule has 0 saturated carbocycles. The second kappa shape index (κ2) is 10.6. The van der Waals surface area contributed by atoms with Gasteiger partial charge in [0.15, 0.2) is 11.6 Å². The lowest BCUT2D eigenvalue weighted by Gasteiger charge is -2.30. The van der Waals surface area contributed by atoms with Crippen LogP contribution in [0.4, 0.5) is 15.0 Å². The molecular weight excluding hydrogens is 544 g/mol. The topological polar surface area (TPSA) is 101 Å². The summed E-state index contributed by atoms with van der Waals surface area (Å²) in [4.78, 5) is 19.1. The molecule has 1 N–H and O–H groups in total. The van der Waals surface area contributed by atoms with Gasteiger partial charge < -0.3 is 19.5 Å². The molecule has 0 aliphatic carbocycles. The van der Waals surface area contributed by atoms with Crippen LogP contribution in [-0.4, -0.2) is 69.4 Å². The van der Waals surface area contributed by atoms with E-state index in [2.05, 4.69) is 15.2 Å². The summed E-state index contributed by atoms with van der Waals surface area (Å²) in [5, 5.41) is 19.5. The first-order valence-corrected chi connectivity index (χ1v) is 13.0. The van der Waals surface area contributed by atoms with Gasteiger partial charge in [0, 0.05) is 30.3 Å². The Kier molecular flexibility index (Phi) is 7.80. The Hall–Kier alpha value is -2.73. The number of rotatable bonds is 7. The van der Waals surface area contributed by atoms with E-state index in [-0.39, 0.29) is 30.0 Å². The number of amides is 1. The van der Waals surface area contributed by atoms with E-state index < -0.39 is 23.7 Å². The van der Waals surface area contributed by atoms with E-state index in [1.165, 1.54) is 23.5 Å². The van der Waals surface area contributed by atoms with Gasteiger partial charge in [0.25, 0.3) is 0 Å². The average molecular weight is 570 g/mol. The molecule has 37 heavy (non-hydrogen) atoms. The fourth-order valence-electron chi connectivity index (χ4n) is 3.88. The largest absolute Gasteiger partial charge is 0.488 e. The summed E-state index contributed by atoms with van der Waals surface area (Å²) in [5.74, 6) is -0.0721. The Morgan fingerprint density at radius 3 is 2.68 bits per heavy atom. The van der Waals surface area contributed by atoms with Gasteiger partial charge in [-0.25, -0.2) is 14.2 Å². The minimum absolute atomic E-state index is 0.0960. The molecule has 3 heterocycles. The van der Waals surface area contributed by atoms with Crippen molar-refractivity contribution in [2.75, 3.05) is 25.2 Å². The van der Waals surface area contributed by atoms with Crippen molar-refractivity contribution in [3.63, 3.8) is 0 Å². The van der Waals surface area contributed by atoms with Crippen LogP contribution in [0.15, 0.2) is 24.3 Å². The average Bonchev–Trinajstić information content (AvgIpc) is 3.42. The predicted molar refractivity (Wildman–Crippen MR) is 141 cm³/mol. The van der Waals surface area contributed by atoms with Crippen molar-refractivity contribution in [3.05, 3.63) is 40.3 Å². The molecule has 13 heteroatoms. The van der Waals surface area contributed by atoms with Crippen LogP contribution in [-0.2, 0) is 4.74 Å². The molecule has 0 bridgehead atoms. The number of carboxylic acid groups (broad SMARTS) is 1. The Morgan fingerprint density at radius 1 is 1.30 bits per heavy atom. The van der Waals surface area contributed by atoms with Crippen molar-refractivity contribution in [1.82, 2.24) is 20.1 Å². The number of pyridine rings is 1. The standard InChI is InChI=1S/C24H26Cl2FN5O4S/c1-12(2)31(5)20-7-13(6-19(26)28-20)21-29-30-22(37-21)15-8-17(27)18(9-16(15)25)35-10-14-11-36-24(3,4)32(14)23(33)34/h6-9,12,14H,10-11H2,1-5H3,(H,33,34). The van der Waals surface area contributed by atoms with Crippen molar-refractivity contribution in [1.29, 1.82) is 0 Å². The molecule has 1 unspecified atom stereocenters. The van der Waals surface area contributed by atoms with Gasteiger partial charge in [0.1, 0.15) is 33.3 Å². The van der Waals surface area contributed by atoms with E-state index in [1.807, 2.05) is 31.9 Å². The molecule has 4 rings (SSSR count). The Labute approximate surface area is 227 Å². The second-order valence-electron chi connectivity index (χ2n) is 9.29. The number of nitrogens with zero attached hydrogens (tertiary/aromatic N) is 5. The predicted octanol–water partition coefficient (Wildman–Crippen LogP) is 6.05. The van der Waals surface area contributed by atoms with Crippen molar-refractivity contribution >= 4 is 46.4 Å². The molecule has 3 aromatic rings. The van der Waals surface area contributed by atoms with Gasteiger partial charge in [-0.1, -0.05) is 34.5 Å². The number of aromatic nitrogens is 3. The summed E-state index contributed by atoms with van der Waals surface area (Å²) < 4.78 is 26.1. The summed E-state index contributed by atoms with van der Waals surface area (Å²) >= 11 is 13.9. The van der Waals surface area contributed by atoms with Gasteiger partial charge in [-0.05, 0) is 45.9 Å². The van der Waals surface area contributed by atoms with E-state index in [0.29, 0.717) is 26.5 Å². The molecule has 1 aliphatic rings. The third-order valence-electron chi connectivity index (χ3n) is 6.05. The first kappa shape index (κ1) is 27.3. The zero-order valence-electron chi connectivity index (χ0n) is 20.8. The lowest BCUT2D eigenvalue weighted by Crippen LogP contribution is -2.49. The lowest BCUT2D eigenvalue weighted by atomic mass is 10.2. The van der Waals surface area contributed by atoms with Crippen molar-refractivity contribution < 1.29 is 23.8 Å². The summed E-state index contributed by atoms with van der Waals surface area (Å²) in [6, 6.07) is 5.75. The van der Waals surface area contributed by atoms with Crippen LogP contribution >= 0.6 is 34.5 Å². The van der Waals surface area contributed by atoms with Gasteiger partial charge in [-0.15, -0.1) is 10.2 Å². The molecule has 0 spiro atoms. The van der Waals surface area contributed by atoms with Crippen LogP contribution in [0.2, 0.25) is 10.2 Å². The first-order valence-electron chi connectivity index (χ1n) is 11.4. The van der Waals surface area contributed by atoms with Gasteiger partial charge in [-0.3, -0.25) is 4.90 Å². The number of ether oxygens (including phenoxy) is 2. The summed E-state index contributed by atoms with van der Waals surface area (Å²) in [5.41, 5.74) is 0.0827. The Balaban J connectivity index is 1.55. The normalized spacial score (nSPS) is 16.9. The van der Waals surface area contributed by atoms with Crippen molar-refractivity contribution in [3.8, 4) is 26.9 Å². The highest BCUT2D eigenvalue weighted by atomic mass is 35.5. The van der Waals surface area contributed by atoms with E-state index in [1.54, 1.807) is 19.9 Å². The van der Waals surface area contributed by atoms with Gasteiger partial charge in [0.05, 0.1) is 17.7 Å². The number of halogens is 3. The molecule has 1 saturated heterocycles. The van der Waals surface area contributed by atoms with Crippen molar-refractivity contribution in [2.45, 2.75) is 45.5 Å².